The zero-order chi connectivity index (χ0) is 13.2. The van der Waals surface area contributed by atoms with Crippen LogP contribution in [-0.2, 0) is 6.54 Å². The quantitative estimate of drug-likeness (QED) is 0.502. The first-order valence-electron chi connectivity index (χ1n) is 5.95. The largest absolute Gasteiger partial charge is 0.390 e. The summed E-state index contributed by atoms with van der Waals surface area (Å²) in [6.45, 7) is 5.55. The third kappa shape index (κ3) is 2.72. The van der Waals surface area contributed by atoms with E-state index in [1.165, 1.54) is 0 Å². The summed E-state index contributed by atoms with van der Waals surface area (Å²) in [6, 6.07) is 5.67. The first-order valence-corrected chi connectivity index (χ1v) is 5.95. The van der Waals surface area contributed by atoms with Gasteiger partial charge in [-0.3, -0.25) is 0 Å². The average Bonchev–Trinajstić information content (AvgIpc) is 2.23. The van der Waals surface area contributed by atoms with Crippen LogP contribution >= 0.6 is 0 Å². The van der Waals surface area contributed by atoms with Crippen LogP contribution in [0, 0.1) is 5.92 Å². The Labute approximate surface area is 106 Å². The second-order valence-corrected chi connectivity index (χ2v) is 5.13. The molecule has 1 saturated heterocycles. The van der Waals surface area contributed by atoms with Gasteiger partial charge >= 0.3 is 0 Å². The number of pyridine rings is 1. The lowest BCUT2D eigenvalue weighted by molar-refractivity contribution is 0.00438. The molecule has 6 heteroatoms. The SMILES string of the molecule is CC(C)(O)C1CN(c2cccc(CN=[N+]=[N-])n2)C1. The molecule has 1 fully saturated rings. The van der Waals surface area contributed by atoms with Gasteiger partial charge < -0.3 is 10.0 Å². The highest BCUT2D eigenvalue weighted by Crippen LogP contribution is 2.30. The highest BCUT2D eigenvalue weighted by atomic mass is 16.3. The van der Waals surface area contributed by atoms with E-state index in [0.29, 0.717) is 0 Å². The number of aromatic nitrogens is 1. The predicted molar refractivity (Wildman–Crippen MR) is 69.1 cm³/mol. The fraction of sp³-hybridized carbons (Fsp3) is 0.583. The van der Waals surface area contributed by atoms with Gasteiger partial charge in [-0.15, -0.1) is 0 Å². The van der Waals surface area contributed by atoms with Crippen LogP contribution in [0.5, 0.6) is 0 Å². The third-order valence-electron chi connectivity index (χ3n) is 3.29. The van der Waals surface area contributed by atoms with Crippen molar-refractivity contribution in [3.63, 3.8) is 0 Å². The van der Waals surface area contributed by atoms with Crippen LogP contribution in [0.25, 0.3) is 10.4 Å². The summed E-state index contributed by atoms with van der Waals surface area (Å²) in [5.74, 6) is 1.15. The lowest BCUT2D eigenvalue weighted by Gasteiger charge is -2.45. The molecule has 0 bridgehead atoms. The van der Waals surface area contributed by atoms with E-state index in [9.17, 15) is 5.11 Å². The summed E-state index contributed by atoms with van der Waals surface area (Å²) in [4.78, 5) is 9.26. The molecule has 0 spiro atoms. The molecule has 0 aliphatic carbocycles. The molecule has 2 rings (SSSR count). The number of aliphatic hydroxyl groups is 1. The van der Waals surface area contributed by atoms with Gasteiger partial charge in [0.2, 0.25) is 0 Å². The Morgan fingerprint density at radius 2 is 2.28 bits per heavy atom. The highest BCUT2D eigenvalue weighted by molar-refractivity contribution is 5.42. The Hall–Kier alpha value is -1.78. The fourth-order valence-corrected chi connectivity index (χ4v) is 1.95. The molecule has 1 N–H and O–H groups in total. The molecular weight excluding hydrogens is 230 g/mol. The smallest absolute Gasteiger partial charge is 0.128 e. The van der Waals surface area contributed by atoms with Crippen LogP contribution in [0.4, 0.5) is 5.82 Å². The fourth-order valence-electron chi connectivity index (χ4n) is 1.95. The Kier molecular flexibility index (Phi) is 3.41. The molecule has 6 nitrogen and oxygen atoms in total. The van der Waals surface area contributed by atoms with Crippen LogP contribution in [0.1, 0.15) is 19.5 Å². The number of hydrogen-bond donors (Lipinski definition) is 1. The summed E-state index contributed by atoms with van der Waals surface area (Å²) < 4.78 is 0. The predicted octanol–water partition coefficient (Wildman–Crippen LogP) is 2.10. The van der Waals surface area contributed by atoms with Crippen LogP contribution in [0.15, 0.2) is 23.3 Å². The van der Waals surface area contributed by atoms with Gasteiger partial charge in [-0.2, -0.15) is 0 Å². The number of anilines is 1. The molecule has 1 aliphatic rings. The highest BCUT2D eigenvalue weighted by Gasteiger charge is 2.37. The molecular formula is C12H17N5O. The van der Waals surface area contributed by atoms with E-state index in [-0.39, 0.29) is 12.5 Å². The summed E-state index contributed by atoms with van der Waals surface area (Å²) in [6.07, 6.45) is 0. The van der Waals surface area contributed by atoms with Gasteiger partial charge in [0.1, 0.15) is 5.82 Å². The van der Waals surface area contributed by atoms with Gasteiger partial charge in [-0.25, -0.2) is 4.98 Å². The molecule has 0 saturated carbocycles. The zero-order valence-corrected chi connectivity index (χ0v) is 10.6. The molecule has 0 aromatic carbocycles. The zero-order valence-electron chi connectivity index (χ0n) is 10.6. The summed E-state index contributed by atoms with van der Waals surface area (Å²) in [5.41, 5.74) is 8.40. The van der Waals surface area contributed by atoms with Gasteiger partial charge in [0.15, 0.2) is 0 Å². The van der Waals surface area contributed by atoms with Crippen molar-refractivity contribution in [1.82, 2.24) is 4.98 Å². The van der Waals surface area contributed by atoms with E-state index in [2.05, 4.69) is 19.9 Å². The Bertz CT molecular complexity index is 470. The van der Waals surface area contributed by atoms with Crippen molar-refractivity contribution in [2.45, 2.75) is 26.0 Å². The number of nitrogens with zero attached hydrogens (tertiary/aromatic N) is 5. The van der Waals surface area contributed by atoms with E-state index in [4.69, 9.17) is 5.53 Å². The number of azide groups is 1. The Morgan fingerprint density at radius 1 is 1.56 bits per heavy atom. The summed E-state index contributed by atoms with van der Waals surface area (Å²) in [5, 5.41) is 13.4. The standard InChI is InChI=1S/C12H17N5O/c1-12(2,18)9-7-17(8-9)11-5-3-4-10(15-11)6-14-16-13/h3-5,9,18H,6-8H2,1-2H3. The minimum absolute atomic E-state index is 0.271. The Morgan fingerprint density at radius 3 is 2.89 bits per heavy atom. The van der Waals surface area contributed by atoms with E-state index in [1.54, 1.807) is 0 Å². The van der Waals surface area contributed by atoms with E-state index in [1.807, 2.05) is 32.0 Å². The van der Waals surface area contributed by atoms with Crippen molar-refractivity contribution in [3.05, 3.63) is 34.3 Å². The molecule has 2 heterocycles. The Balaban J connectivity index is 2.01. The molecule has 0 amide bonds. The maximum Gasteiger partial charge on any atom is 0.128 e. The average molecular weight is 247 g/mol. The lowest BCUT2D eigenvalue weighted by atomic mass is 9.84. The second-order valence-electron chi connectivity index (χ2n) is 5.13. The molecule has 0 radical (unpaired) electrons. The van der Waals surface area contributed by atoms with Crippen molar-refractivity contribution in [3.8, 4) is 0 Å². The van der Waals surface area contributed by atoms with Crippen LogP contribution in [-0.4, -0.2) is 28.8 Å². The van der Waals surface area contributed by atoms with Crippen molar-refractivity contribution in [2.24, 2.45) is 11.0 Å². The summed E-state index contributed by atoms with van der Waals surface area (Å²) >= 11 is 0. The normalized spacial score (nSPS) is 16.1. The first kappa shape index (κ1) is 12.7. The molecule has 18 heavy (non-hydrogen) atoms. The topological polar surface area (TPSA) is 85.1 Å². The lowest BCUT2D eigenvalue weighted by Crippen LogP contribution is -2.56. The van der Waals surface area contributed by atoms with Gasteiger partial charge in [-0.1, -0.05) is 11.2 Å². The maximum absolute atomic E-state index is 9.87. The molecule has 96 valence electrons. The van der Waals surface area contributed by atoms with E-state index in [0.717, 1.165) is 24.6 Å². The van der Waals surface area contributed by atoms with Crippen molar-refractivity contribution in [1.29, 1.82) is 0 Å². The molecule has 1 aromatic rings. The van der Waals surface area contributed by atoms with Crippen molar-refractivity contribution < 1.29 is 5.11 Å². The molecule has 0 unspecified atom stereocenters. The first-order chi connectivity index (χ1) is 8.50. The third-order valence-corrected chi connectivity index (χ3v) is 3.29. The van der Waals surface area contributed by atoms with Crippen LogP contribution in [0.3, 0.4) is 0 Å². The maximum atomic E-state index is 9.87. The van der Waals surface area contributed by atoms with Gasteiger partial charge in [0, 0.05) is 29.6 Å². The van der Waals surface area contributed by atoms with Gasteiger partial charge in [0.25, 0.3) is 0 Å². The van der Waals surface area contributed by atoms with Crippen LogP contribution < -0.4 is 4.90 Å². The monoisotopic (exact) mass is 247 g/mol. The molecule has 1 aliphatic heterocycles. The number of hydrogen-bond acceptors (Lipinski definition) is 4. The molecule has 1 aromatic heterocycles. The summed E-state index contributed by atoms with van der Waals surface area (Å²) in [7, 11) is 0. The van der Waals surface area contributed by atoms with Gasteiger partial charge in [0.05, 0.1) is 12.1 Å². The minimum Gasteiger partial charge on any atom is -0.390 e. The molecule has 0 atom stereocenters. The van der Waals surface area contributed by atoms with Crippen molar-refractivity contribution in [2.75, 3.05) is 18.0 Å². The second kappa shape index (κ2) is 4.84. The van der Waals surface area contributed by atoms with Crippen LogP contribution in [0.2, 0.25) is 0 Å². The van der Waals surface area contributed by atoms with E-state index < -0.39 is 5.60 Å². The van der Waals surface area contributed by atoms with E-state index >= 15 is 0 Å². The van der Waals surface area contributed by atoms with Crippen molar-refractivity contribution >= 4 is 5.82 Å². The van der Waals surface area contributed by atoms with Gasteiger partial charge in [-0.05, 0) is 31.5 Å². The number of rotatable bonds is 4. The minimum atomic E-state index is -0.640.